The van der Waals surface area contributed by atoms with Gasteiger partial charge in [-0.05, 0) is 50.6 Å². The molecule has 0 fully saturated rings. The second-order valence-electron chi connectivity index (χ2n) is 7.16. The highest BCUT2D eigenvalue weighted by Gasteiger charge is 2.20. The van der Waals surface area contributed by atoms with E-state index in [0.29, 0.717) is 27.7 Å². The number of nitrogens with one attached hydrogen (secondary N) is 2. The van der Waals surface area contributed by atoms with Crippen LogP contribution in [0, 0.1) is 6.92 Å². The van der Waals surface area contributed by atoms with Gasteiger partial charge in [-0.3, -0.25) is 9.59 Å². The molecule has 1 amide bonds. The molecular weight excluding hydrogens is 442 g/mol. The number of ether oxygens (including phenoxy) is 1. The van der Waals surface area contributed by atoms with E-state index in [1.807, 2.05) is 56.3 Å². The maximum atomic E-state index is 12.9. The van der Waals surface area contributed by atoms with Crippen LogP contribution in [0.1, 0.15) is 18.7 Å². The fourth-order valence-corrected chi connectivity index (χ4v) is 5.27. The maximum absolute atomic E-state index is 12.9. The summed E-state index contributed by atoms with van der Waals surface area (Å²) in [7, 11) is 0. The third-order valence-corrected chi connectivity index (χ3v) is 6.85. The van der Waals surface area contributed by atoms with Crippen LogP contribution in [-0.4, -0.2) is 27.7 Å². The molecule has 4 rings (SSSR count). The van der Waals surface area contributed by atoms with Crippen molar-refractivity contribution in [1.82, 2.24) is 9.97 Å². The van der Waals surface area contributed by atoms with Crippen LogP contribution in [0.4, 0.5) is 5.69 Å². The summed E-state index contributed by atoms with van der Waals surface area (Å²) >= 11 is 2.71. The lowest BCUT2D eigenvalue weighted by atomic mass is 10.0. The first-order chi connectivity index (χ1) is 15.5. The molecule has 2 aromatic heterocycles. The lowest BCUT2D eigenvalue weighted by Gasteiger charge is -2.12. The number of amides is 1. The Bertz CT molecular complexity index is 1300. The molecule has 0 aliphatic rings. The zero-order chi connectivity index (χ0) is 22.7. The number of aromatic amines is 1. The summed E-state index contributed by atoms with van der Waals surface area (Å²) in [5.74, 6) is 0.582. The minimum Gasteiger partial charge on any atom is -0.494 e. The zero-order valence-electron chi connectivity index (χ0n) is 18.0. The van der Waals surface area contributed by atoms with Crippen molar-refractivity contribution in [3.63, 3.8) is 0 Å². The number of rotatable bonds is 7. The number of benzene rings is 2. The van der Waals surface area contributed by atoms with Gasteiger partial charge in [0.2, 0.25) is 5.91 Å². The number of carbonyl (C=O) groups excluding carboxylic acids is 1. The number of hydrogen-bond donors (Lipinski definition) is 2. The maximum Gasteiger partial charge on any atom is 0.260 e. The van der Waals surface area contributed by atoms with Gasteiger partial charge in [-0.1, -0.05) is 42.1 Å². The number of H-pyrrole nitrogens is 1. The van der Waals surface area contributed by atoms with Gasteiger partial charge in [-0.25, -0.2) is 4.98 Å². The molecule has 0 radical (unpaired) electrons. The second-order valence-corrected chi connectivity index (χ2v) is 9.69. The molecule has 0 saturated heterocycles. The van der Waals surface area contributed by atoms with Gasteiger partial charge in [0.25, 0.3) is 5.56 Å². The summed E-state index contributed by atoms with van der Waals surface area (Å²) in [6, 6.07) is 17.1. The van der Waals surface area contributed by atoms with Crippen molar-refractivity contribution in [2.75, 3.05) is 11.9 Å². The Morgan fingerprint density at radius 3 is 2.59 bits per heavy atom. The number of nitrogens with zero attached hydrogens (tertiary/aromatic N) is 1. The number of fused-ring (bicyclic) bond motifs is 1. The molecule has 0 bridgehead atoms. The van der Waals surface area contributed by atoms with Gasteiger partial charge in [-0.2, -0.15) is 0 Å². The summed E-state index contributed by atoms with van der Waals surface area (Å²) in [6.07, 6.45) is 0. The van der Waals surface area contributed by atoms with Gasteiger partial charge in [0.1, 0.15) is 10.6 Å². The van der Waals surface area contributed by atoms with Crippen molar-refractivity contribution in [1.29, 1.82) is 0 Å². The monoisotopic (exact) mass is 465 g/mol. The van der Waals surface area contributed by atoms with Crippen molar-refractivity contribution in [3.8, 4) is 16.9 Å². The SMILES string of the molecule is CCOc1ccc(NC(=O)C(C)Sc2nc3sc(C)c(-c4ccccc4)c3c(=O)[nH]2)cc1. The highest BCUT2D eigenvalue weighted by Crippen LogP contribution is 2.36. The summed E-state index contributed by atoms with van der Waals surface area (Å²) in [5.41, 5.74) is 2.40. The summed E-state index contributed by atoms with van der Waals surface area (Å²) in [6.45, 7) is 6.29. The average molecular weight is 466 g/mol. The lowest BCUT2D eigenvalue weighted by molar-refractivity contribution is -0.115. The minimum absolute atomic E-state index is 0.172. The van der Waals surface area contributed by atoms with Gasteiger partial charge in [0.05, 0.1) is 17.2 Å². The Morgan fingerprint density at radius 1 is 1.19 bits per heavy atom. The van der Waals surface area contributed by atoms with Crippen LogP contribution < -0.4 is 15.6 Å². The topological polar surface area (TPSA) is 84.1 Å². The second kappa shape index (κ2) is 9.58. The molecule has 1 atom stereocenters. The van der Waals surface area contributed by atoms with Crippen LogP contribution in [-0.2, 0) is 4.79 Å². The largest absolute Gasteiger partial charge is 0.494 e. The van der Waals surface area contributed by atoms with Crippen LogP contribution in [0.2, 0.25) is 0 Å². The Balaban J connectivity index is 1.53. The van der Waals surface area contributed by atoms with E-state index >= 15 is 0 Å². The molecule has 2 N–H and O–H groups in total. The molecule has 164 valence electrons. The van der Waals surface area contributed by atoms with Gasteiger partial charge >= 0.3 is 0 Å². The van der Waals surface area contributed by atoms with Gasteiger partial charge in [0, 0.05) is 16.1 Å². The van der Waals surface area contributed by atoms with Crippen LogP contribution in [0.15, 0.2) is 64.5 Å². The standard InChI is InChI=1S/C24H23N3O3S2/c1-4-30-18-12-10-17(11-13-18)25-21(28)15(3)32-24-26-22(29)20-19(14(2)31-23(20)27-24)16-8-6-5-7-9-16/h5-13,15H,4H2,1-3H3,(H,25,28)(H,26,27,29). The molecule has 32 heavy (non-hydrogen) atoms. The molecule has 0 saturated carbocycles. The third-order valence-electron chi connectivity index (χ3n) is 4.87. The number of thioether (sulfide) groups is 1. The van der Waals surface area contributed by atoms with Crippen LogP contribution in [0.25, 0.3) is 21.3 Å². The van der Waals surface area contributed by atoms with E-state index in [4.69, 9.17) is 4.74 Å². The average Bonchev–Trinajstić information content (AvgIpc) is 3.12. The van der Waals surface area contributed by atoms with Crippen molar-refractivity contribution in [2.24, 2.45) is 0 Å². The number of aryl methyl sites for hydroxylation is 1. The predicted molar refractivity (Wildman–Crippen MR) is 132 cm³/mol. The number of carbonyl (C=O) groups is 1. The van der Waals surface area contributed by atoms with E-state index in [9.17, 15) is 9.59 Å². The number of thiophene rings is 1. The van der Waals surface area contributed by atoms with E-state index < -0.39 is 5.25 Å². The number of aromatic nitrogens is 2. The van der Waals surface area contributed by atoms with Crippen LogP contribution in [0.5, 0.6) is 5.75 Å². The fraction of sp³-hybridized carbons (Fsp3) is 0.208. The van der Waals surface area contributed by atoms with E-state index in [2.05, 4.69) is 15.3 Å². The molecule has 4 aromatic rings. The molecule has 0 aliphatic carbocycles. The van der Waals surface area contributed by atoms with Crippen molar-refractivity contribution >= 4 is 44.9 Å². The Hall–Kier alpha value is -3.10. The van der Waals surface area contributed by atoms with E-state index in [1.165, 1.54) is 23.1 Å². The van der Waals surface area contributed by atoms with E-state index in [0.717, 1.165) is 21.8 Å². The first-order valence-corrected chi connectivity index (χ1v) is 11.9. The van der Waals surface area contributed by atoms with E-state index in [1.54, 1.807) is 19.1 Å². The number of hydrogen-bond acceptors (Lipinski definition) is 6. The minimum atomic E-state index is -0.447. The summed E-state index contributed by atoms with van der Waals surface area (Å²) < 4.78 is 5.42. The molecule has 2 aromatic carbocycles. The molecule has 1 unspecified atom stereocenters. The van der Waals surface area contributed by atoms with Crippen molar-refractivity contribution in [3.05, 3.63) is 69.8 Å². The quantitative estimate of drug-likeness (QED) is 0.279. The van der Waals surface area contributed by atoms with Gasteiger partial charge in [0.15, 0.2) is 5.16 Å². The Labute approximate surface area is 194 Å². The van der Waals surface area contributed by atoms with Crippen molar-refractivity contribution in [2.45, 2.75) is 31.2 Å². The lowest BCUT2D eigenvalue weighted by Crippen LogP contribution is -2.23. The Morgan fingerprint density at radius 2 is 1.91 bits per heavy atom. The van der Waals surface area contributed by atoms with Crippen molar-refractivity contribution < 1.29 is 9.53 Å². The fourth-order valence-electron chi connectivity index (χ4n) is 3.37. The predicted octanol–water partition coefficient (Wildman–Crippen LogP) is 5.48. The van der Waals surface area contributed by atoms with Crippen LogP contribution in [0.3, 0.4) is 0 Å². The first kappa shape index (κ1) is 22.1. The molecule has 8 heteroatoms. The molecular formula is C24H23N3O3S2. The summed E-state index contributed by atoms with van der Waals surface area (Å²) in [4.78, 5) is 34.8. The normalized spacial score (nSPS) is 12.0. The molecule has 2 heterocycles. The molecule has 0 aliphatic heterocycles. The van der Waals surface area contributed by atoms with Gasteiger partial charge in [-0.15, -0.1) is 11.3 Å². The smallest absolute Gasteiger partial charge is 0.260 e. The zero-order valence-corrected chi connectivity index (χ0v) is 19.6. The van der Waals surface area contributed by atoms with Crippen LogP contribution >= 0.6 is 23.1 Å². The Kier molecular flexibility index (Phi) is 6.62. The van der Waals surface area contributed by atoms with Gasteiger partial charge < -0.3 is 15.0 Å². The third kappa shape index (κ3) is 4.71. The highest BCUT2D eigenvalue weighted by molar-refractivity contribution is 8.00. The molecule has 0 spiro atoms. The van der Waals surface area contributed by atoms with E-state index in [-0.39, 0.29) is 11.5 Å². The highest BCUT2D eigenvalue weighted by atomic mass is 32.2. The molecule has 6 nitrogen and oxygen atoms in total. The first-order valence-electron chi connectivity index (χ1n) is 10.3. The summed E-state index contributed by atoms with van der Waals surface area (Å²) in [5, 5.41) is 3.46. The number of anilines is 1.